The van der Waals surface area contributed by atoms with Gasteiger partial charge in [-0.15, -0.1) is 0 Å². The molecular formula is C22H34O4. The van der Waals surface area contributed by atoms with Crippen molar-refractivity contribution in [2.24, 2.45) is 34.5 Å². The maximum Gasteiger partial charge on any atom is 0.302 e. The number of aliphatic hydroxyl groups excluding tert-OH is 2. The number of hydrogen-bond acceptors (Lipinski definition) is 4. The van der Waals surface area contributed by atoms with Crippen LogP contribution in [0.3, 0.4) is 0 Å². The van der Waals surface area contributed by atoms with E-state index in [0.717, 1.165) is 38.5 Å². The Hall–Kier alpha value is -0.870. The van der Waals surface area contributed by atoms with Crippen molar-refractivity contribution in [2.75, 3.05) is 0 Å². The monoisotopic (exact) mass is 362 g/mol. The van der Waals surface area contributed by atoms with Gasteiger partial charge in [-0.2, -0.15) is 0 Å². The zero-order valence-corrected chi connectivity index (χ0v) is 16.4. The smallest absolute Gasteiger partial charge is 0.302 e. The molecule has 4 nitrogen and oxygen atoms in total. The van der Waals surface area contributed by atoms with Crippen molar-refractivity contribution in [3.8, 4) is 0 Å². The SMILES string of the molecule is C=C1CCC2C3C(CC[C@]12C)[C@@]1(C)CC[C@H](OC(C)=O)CC1[C@@H](O)[C@@H]3O. The Labute approximate surface area is 157 Å². The molecule has 0 spiro atoms. The third kappa shape index (κ3) is 2.44. The van der Waals surface area contributed by atoms with Crippen molar-refractivity contribution >= 4 is 5.97 Å². The highest BCUT2D eigenvalue weighted by atomic mass is 16.5. The molecule has 2 N–H and O–H groups in total. The first kappa shape index (κ1) is 18.5. The summed E-state index contributed by atoms with van der Waals surface area (Å²) in [5.41, 5.74) is 1.49. The van der Waals surface area contributed by atoms with Crippen LogP contribution in [0.1, 0.15) is 65.7 Å². The first-order chi connectivity index (χ1) is 12.2. The summed E-state index contributed by atoms with van der Waals surface area (Å²) in [5, 5.41) is 22.2. The van der Waals surface area contributed by atoms with Gasteiger partial charge in [0.15, 0.2) is 0 Å². The largest absolute Gasteiger partial charge is 0.463 e. The minimum atomic E-state index is -0.726. The molecule has 4 aliphatic carbocycles. The summed E-state index contributed by atoms with van der Waals surface area (Å²) in [5.74, 6) is 0.788. The Bertz CT molecular complexity index is 615. The molecule has 0 heterocycles. The molecule has 4 heteroatoms. The van der Waals surface area contributed by atoms with Crippen LogP contribution in [0.5, 0.6) is 0 Å². The fraction of sp³-hybridized carbons (Fsp3) is 0.864. The number of ether oxygens (including phenoxy) is 1. The highest BCUT2D eigenvalue weighted by Gasteiger charge is 2.64. The van der Waals surface area contributed by atoms with Crippen LogP contribution < -0.4 is 0 Å². The summed E-state index contributed by atoms with van der Waals surface area (Å²) in [6.07, 6.45) is 5.38. The van der Waals surface area contributed by atoms with Crippen molar-refractivity contribution in [3.05, 3.63) is 12.2 Å². The lowest BCUT2D eigenvalue weighted by Crippen LogP contribution is -2.64. The van der Waals surface area contributed by atoms with Crippen molar-refractivity contribution in [3.63, 3.8) is 0 Å². The maximum atomic E-state index is 11.4. The van der Waals surface area contributed by atoms with E-state index in [1.807, 2.05) is 0 Å². The molecule has 0 bridgehead atoms. The van der Waals surface area contributed by atoms with E-state index in [1.54, 1.807) is 0 Å². The molecule has 0 aromatic heterocycles. The van der Waals surface area contributed by atoms with Gasteiger partial charge in [-0.05, 0) is 79.4 Å². The number of allylic oxidation sites excluding steroid dienone is 1. The quantitative estimate of drug-likeness (QED) is 0.554. The molecule has 9 atom stereocenters. The number of fused-ring (bicyclic) bond motifs is 5. The lowest BCUT2D eigenvalue weighted by atomic mass is 9.43. The molecule has 0 radical (unpaired) electrons. The molecular weight excluding hydrogens is 328 g/mol. The fourth-order valence-corrected chi connectivity index (χ4v) is 7.47. The van der Waals surface area contributed by atoms with E-state index in [2.05, 4.69) is 20.4 Å². The first-order valence-corrected chi connectivity index (χ1v) is 10.4. The zero-order chi connectivity index (χ0) is 18.9. The average molecular weight is 363 g/mol. The Morgan fingerprint density at radius 3 is 2.50 bits per heavy atom. The van der Waals surface area contributed by atoms with Crippen molar-refractivity contribution in [1.82, 2.24) is 0 Å². The van der Waals surface area contributed by atoms with E-state index < -0.39 is 12.2 Å². The predicted molar refractivity (Wildman–Crippen MR) is 99.2 cm³/mol. The summed E-state index contributed by atoms with van der Waals surface area (Å²) in [6.45, 7) is 10.4. The lowest BCUT2D eigenvalue weighted by Gasteiger charge is -2.63. The zero-order valence-electron chi connectivity index (χ0n) is 16.4. The van der Waals surface area contributed by atoms with E-state index in [1.165, 1.54) is 12.5 Å². The second kappa shape index (κ2) is 6.07. The van der Waals surface area contributed by atoms with Crippen LogP contribution in [-0.4, -0.2) is 34.5 Å². The Balaban J connectivity index is 1.64. The number of carbonyl (C=O) groups excluding carboxylic acids is 1. The number of hydrogen-bond donors (Lipinski definition) is 2. The van der Waals surface area contributed by atoms with E-state index in [4.69, 9.17) is 4.74 Å². The summed E-state index contributed by atoms with van der Waals surface area (Å²) in [7, 11) is 0. The summed E-state index contributed by atoms with van der Waals surface area (Å²) in [6, 6.07) is 0. The number of esters is 1. The minimum absolute atomic E-state index is 0.00538. The summed E-state index contributed by atoms with van der Waals surface area (Å²) < 4.78 is 5.46. The molecule has 26 heavy (non-hydrogen) atoms. The van der Waals surface area contributed by atoms with Crippen LogP contribution >= 0.6 is 0 Å². The van der Waals surface area contributed by atoms with Gasteiger partial charge in [-0.3, -0.25) is 4.79 Å². The highest BCUT2D eigenvalue weighted by Crippen LogP contribution is 2.67. The van der Waals surface area contributed by atoms with Gasteiger partial charge in [-0.25, -0.2) is 0 Å². The minimum Gasteiger partial charge on any atom is -0.463 e. The van der Waals surface area contributed by atoms with Gasteiger partial charge < -0.3 is 14.9 Å². The summed E-state index contributed by atoms with van der Waals surface area (Å²) >= 11 is 0. The molecule has 0 aromatic rings. The van der Waals surface area contributed by atoms with Gasteiger partial charge in [0.1, 0.15) is 6.10 Å². The third-order valence-corrected chi connectivity index (χ3v) is 8.99. The summed E-state index contributed by atoms with van der Waals surface area (Å²) in [4.78, 5) is 11.4. The van der Waals surface area contributed by atoms with E-state index in [-0.39, 0.29) is 34.7 Å². The van der Waals surface area contributed by atoms with Crippen LogP contribution in [0.2, 0.25) is 0 Å². The van der Waals surface area contributed by atoms with Crippen LogP contribution in [-0.2, 0) is 9.53 Å². The third-order valence-electron chi connectivity index (χ3n) is 8.99. The Morgan fingerprint density at radius 2 is 1.81 bits per heavy atom. The fourth-order valence-electron chi connectivity index (χ4n) is 7.47. The Morgan fingerprint density at radius 1 is 1.08 bits per heavy atom. The second-order valence-corrected chi connectivity index (χ2v) is 9.99. The van der Waals surface area contributed by atoms with Crippen LogP contribution in [0, 0.1) is 34.5 Å². The van der Waals surface area contributed by atoms with Crippen molar-refractivity contribution in [2.45, 2.75) is 84.0 Å². The number of rotatable bonds is 1. The molecule has 4 unspecified atom stereocenters. The predicted octanol–water partition coefficient (Wildman–Crippen LogP) is 3.46. The van der Waals surface area contributed by atoms with E-state index in [0.29, 0.717) is 18.3 Å². The molecule has 0 aromatic carbocycles. The van der Waals surface area contributed by atoms with E-state index >= 15 is 0 Å². The van der Waals surface area contributed by atoms with Gasteiger partial charge in [0.25, 0.3) is 0 Å². The van der Waals surface area contributed by atoms with Gasteiger partial charge in [-0.1, -0.05) is 26.0 Å². The van der Waals surface area contributed by atoms with Crippen LogP contribution in [0.4, 0.5) is 0 Å². The molecule has 4 saturated carbocycles. The molecule has 0 saturated heterocycles. The molecule has 4 aliphatic rings. The van der Waals surface area contributed by atoms with Gasteiger partial charge >= 0.3 is 5.97 Å². The van der Waals surface area contributed by atoms with Crippen LogP contribution in [0.25, 0.3) is 0 Å². The average Bonchev–Trinajstić information content (AvgIpc) is 2.88. The van der Waals surface area contributed by atoms with Crippen molar-refractivity contribution in [1.29, 1.82) is 0 Å². The van der Waals surface area contributed by atoms with Gasteiger partial charge in [0.2, 0.25) is 0 Å². The van der Waals surface area contributed by atoms with Gasteiger partial charge in [0, 0.05) is 6.92 Å². The van der Waals surface area contributed by atoms with E-state index in [9.17, 15) is 15.0 Å². The lowest BCUT2D eigenvalue weighted by molar-refractivity contribution is -0.220. The first-order valence-electron chi connectivity index (χ1n) is 10.4. The molecule has 0 amide bonds. The van der Waals surface area contributed by atoms with Crippen LogP contribution in [0.15, 0.2) is 12.2 Å². The molecule has 0 aliphatic heterocycles. The normalized spacial score (nSPS) is 53.4. The van der Waals surface area contributed by atoms with Gasteiger partial charge in [0.05, 0.1) is 12.2 Å². The Kier molecular flexibility index (Phi) is 4.31. The van der Waals surface area contributed by atoms with Crippen molar-refractivity contribution < 1.29 is 19.7 Å². The number of carbonyl (C=O) groups is 1. The molecule has 4 fully saturated rings. The maximum absolute atomic E-state index is 11.4. The standard InChI is InChI=1S/C22H34O4/c1-12-5-6-15-18-16(8-10-21(12,15)3)22(4)9-7-14(26-13(2)23)11-17(22)19(24)20(18)25/h14-20,24-25H,1,5-11H2,2-4H3/t14-,15?,16?,17?,18?,19+,20+,21+,22+/m0/s1. The molecule has 146 valence electrons. The number of aliphatic hydroxyl groups is 2. The topological polar surface area (TPSA) is 66.8 Å². The highest BCUT2D eigenvalue weighted by molar-refractivity contribution is 5.66. The second-order valence-electron chi connectivity index (χ2n) is 9.99. The molecule has 4 rings (SSSR count).